The number of fused-ring (bicyclic) bond motifs is 1. The monoisotopic (exact) mass is 481 g/mol. The Bertz CT molecular complexity index is 1310. The highest BCUT2D eigenvalue weighted by Gasteiger charge is 2.17. The molecule has 0 saturated carbocycles. The van der Waals surface area contributed by atoms with Gasteiger partial charge in [-0.05, 0) is 67.6 Å². The van der Waals surface area contributed by atoms with Gasteiger partial charge in [-0.1, -0.05) is 17.4 Å². The average Bonchev–Trinajstić information content (AvgIpc) is 3.21. The number of amides is 2. The lowest BCUT2D eigenvalue weighted by molar-refractivity contribution is -0.115. The van der Waals surface area contributed by atoms with Gasteiger partial charge in [-0.3, -0.25) is 9.59 Å². The summed E-state index contributed by atoms with van der Waals surface area (Å²) in [4.78, 5) is 30.3. The quantitative estimate of drug-likeness (QED) is 0.325. The number of hydrogen-bond donors (Lipinski definition) is 2. The van der Waals surface area contributed by atoms with Gasteiger partial charge in [0, 0.05) is 16.1 Å². The summed E-state index contributed by atoms with van der Waals surface area (Å²) < 4.78 is 19.2. The van der Waals surface area contributed by atoms with Crippen molar-refractivity contribution in [2.45, 2.75) is 17.1 Å². The largest absolute Gasteiger partial charge is 0.497 e. The Kier molecular flexibility index (Phi) is 6.90. The van der Waals surface area contributed by atoms with Crippen LogP contribution in [-0.2, 0) is 4.79 Å². The molecule has 6 nitrogen and oxygen atoms in total. The SMILES string of the molecule is COc1ccc2nc(NC(=O)C(C)Sc3cccc(NC(=O)c4ccc(F)cc4)c3)sc2c1. The molecule has 0 aliphatic heterocycles. The van der Waals surface area contributed by atoms with Crippen molar-refractivity contribution in [3.05, 3.63) is 78.1 Å². The third-order valence-corrected chi connectivity index (χ3v) is 6.73. The topological polar surface area (TPSA) is 80.3 Å². The highest BCUT2D eigenvalue weighted by Crippen LogP contribution is 2.31. The van der Waals surface area contributed by atoms with E-state index in [0.29, 0.717) is 16.4 Å². The van der Waals surface area contributed by atoms with Crippen LogP contribution in [-0.4, -0.2) is 29.2 Å². The zero-order valence-electron chi connectivity index (χ0n) is 17.8. The molecule has 3 aromatic carbocycles. The van der Waals surface area contributed by atoms with Gasteiger partial charge in [-0.2, -0.15) is 0 Å². The lowest BCUT2D eigenvalue weighted by Gasteiger charge is -2.12. The Balaban J connectivity index is 1.38. The van der Waals surface area contributed by atoms with Crippen molar-refractivity contribution < 1.29 is 18.7 Å². The average molecular weight is 482 g/mol. The van der Waals surface area contributed by atoms with E-state index in [2.05, 4.69) is 15.6 Å². The Morgan fingerprint density at radius 3 is 2.61 bits per heavy atom. The van der Waals surface area contributed by atoms with E-state index >= 15 is 0 Å². The van der Waals surface area contributed by atoms with Crippen molar-refractivity contribution in [3.8, 4) is 5.75 Å². The van der Waals surface area contributed by atoms with Crippen LogP contribution >= 0.6 is 23.1 Å². The van der Waals surface area contributed by atoms with Crippen molar-refractivity contribution in [2.75, 3.05) is 17.7 Å². The van der Waals surface area contributed by atoms with Gasteiger partial charge < -0.3 is 15.4 Å². The van der Waals surface area contributed by atoms with E-state index in [1.54, 1.807) is 32.2 Å². The minimum absolute atomic E-state index is 0.174. The summed E-state index contributed by atoms with van der Waals surface area (Å²) in [6, 6.07) is 18.1. The summed E-state index contributed by atoms with van der Waals surface area (Å²) in [6.45, 7) is 1.81. The third-order valence-electron chi connectivity index (χ3n) is 4.71. The van der Waals surface area contributed by atoms with Crippen LogP contribution < -0.4 is 15.4 Å². The van der Waals surface area contributed by atoms with Crippen molar-refractivity contribution in [1.29, 1.82) is 0 Å². The van der Waals surface area contributed by atoms with E-state index in [1.165, 1.54) is 47.4 Å². The van der Waals surface area contributed by atoms with Gasteiger partial charge in [0.2, 0.25) is 5.91 Å². The molecule has 0 aliphatic rings. The molecule has 0 aliphatic carbocycles. The van der Waals surface area contributed by atoms with E-state index < -0.39 is 11.1 Å². The molecule has 0 radical (unpaired) electrons. The first-order valence-corrected chi connectivity index (χ1v) is 11.7. The van der Waals surface area contributed by atoms with E-state index in [-0.39, 0.29) is 11.8 Å². The van der Waals surface area contributed by atoms with Crippen LogP contribution in [0.3, 0.4) is 0 Å². The van der Waals surface area contributed by atoms with Crippen LogP contribution in [0.25, 0.3) is 10.2 Å². The number of halogens is 1. The number of nitrogens with one attached hydrogen (secondary N) is 2. The van der Waals surface area contributed by atoms with E-state index in [1.807, 2.05) is 24.3 Å². The fourth-order valence-electron chi connectivity index (χ4n) is 3.00. The van der Waals surface area contributed by atoms with Crippen molar-refractivity contribution in [3.63, 3.8) is 0 Å². The zero-order valence-corrected chi connectivity index (χ0v) is 19.4. The minimum atomic E-state index is -0.400. The van der Waals surface area contributed by atoms with Crippen LogP contribution in [0.4, 0.5) is 15.2 Å². The van der Waals surface area contributed by atoms with Crippen LogP contribution in [0.15, 0.2) is 71.6 Å². The van der Waals surface area contributed by atoms with Crippen LogP contribution in [0.2, 0.25) is 0 Å². The molecule has 1 unspecified atom stereocenters. The van der Waals surface area contributed by atoms with Crippen molar-refractivity contribution in [2.24, 2.45) is 0 Å². The molecule has 2 N–H and O–H groups in total. The van der Waals surface area contributed by atoms with Gasteiger partial charge in [0.05, 0.1) is 22.6 Å². The summed E-state index contributed by atoms with van der Waals surface area (Å²) in [5, 5.41) is 5.79. The summed E-state index contributed by atoms with van der Waals surface area (Å²) >= 11 is 2.75. The molecule has 168 valence electrons. The fraction of sp³-hybridized carbons (Fsp3) is 0.125. The Morgan fingerprint density at radius 1 is 1.06 bits per heavy atom. The van der Waals surface area contributed by atoms with E-state index in [0.717, 1.165) is 20.9 Å². The highest BCUT2D eigenvalue weighted by molar-refractivity contribution is 8.00. The second-order valence-electron chi connectivity index (χ2n) is 7.09. The molecule has 2 amide bonds. The van der Waals surface area contributed by atoms with Crippen molar-refractivity contribution in [1.82, 2.24) is 4.98 Å². The third kappa shape index (κ3) is 5.68. The van der Waals surface area contributed by atoms with Crippen LogP contribution in [0.1, 0.15) is 17.3 Å². The zero-order chi connectivity index (χ0) is 23.4. The summed E-state index contributed by atoms with van der Waals surface area (Å²) in [6.07, 6.45) is 0. The maximum Gasteiger partial charge on any atom is 0.255 e. The fourth-order valence-corrected chi connectivity index (χ4v) is 4.83. The lowest BCUT2D eigenvalue weighted by Crippen LogP contribution is -2.22. The molecule has 1 atom stereocenters. The maximum absolute atomic E-state index is 13.1. The minimum Gasteiger partial charge on any atom is -0.497 e. The van der Waals surface area contributed by atoms with Crippen LogP contribution in [0.5, 0.6) is 5.75 Å². The van der Waals surface area contributed by atoms with Crippen LogP contribution in [0, 0.1) is 5.82 Å². The number of carbonyl (C=O) groups excluding carboxylic acids is 2. The molecule has 4 rings (SSSR count). The summed E-state index contributed by atoms with van der Waals surface area (Å²) in [7, 11) is 1.60. The molecule has 0 saturated heterocycles. The Morgan fingerprint density at radius 2 is 1.85 bits per heavy atom. The van der Waals surface area contributed by atoms with E-state index in [4.69, 9.17) is 4.74 Å². The number of thioether (sulfide) groups is 1. The smallest absolute Gasteiger partial charge is 0.255 e. The van der Waals surface area contributed by atoms with Crippen molar-refractivity contribution >= 4 is 55.9 Å². The number of aromatic nitrogens is 1. The number of hydrogen-bond acceptors (Lipinski definition) is 6. The number of methoxy groups -OCH3 is 1. The molecule has 0 spiro atoms. The number of anilines is 2. The Hall–Kier alpha value is -3.43. The second-order valence-corrected chi connectivity index (χ2v) is 9.54. The first-order valence-electron chi connectivity index (χ1n) is 10.0. The van der Waals surface area contributed by atoms with Gasteiger partial charge >= 0.3 is 0 Å². The molecule has 4 aromatic rings. The lowest BCUT2D eigenvalue weighted by atomic mass is 10.2. The van der Waals surface area contributed by atoms with Gasteiger partial charge in [-0.25, -0.2) is 9.37 Å². The molecule has 0 bridgehead atoms. The molecule has 1 heterocycles. The molecule has 33 heavy (non-hydrogen) atoms. The van der Waals surface area contributed by atoms with Gasteiger partial charge in [0.15, 0.2) is 5.13 Å². The normalized spacial score (nSPS) is 11.7. The first kappa shape index (κ1) is 22.8. The molecular weight excluding hydrogens is 461 g/mol. The Labute approximate surface area is 198 Å². The number of rotatable bonds is 7. The standard InChI is InChI=1S/C24H20FN3O3S2/c1-14(22(29)28-24-27-20-11-10-18(31-2)13-21(20)33-24)32-19-5-3-4-17(12-19)26-23(30)15-6-8-16(25)9-7-15/h3-14H,1-2H3,(H,26,30)(H,27,28,29). The van der Waals surface area contributed by atoms with E-state index in [9.17, 15) is 14.0 Å². The first-order chi connectivity index (χ1) is 15.9. The summed E-state index contributed by atoms with van der Waals surface area (Å²) in [5.74, 6) is -0.177. The number of benzene rings is 3. The van der Waals surface area contributed by atoms with Gasteiger partial charge in [0.25, 0.3) is 5.91 Å². The van der Waals surface area contributed by atoms with Gasteiger partial charge in [0.1, 0.15) is 11.6 Å². The summed E-state index contributed by atoms with van der Waals surface area (Å²) in [5.41, 5.74) is 1.73. The predicted octanol–water partition coefficient (Wildman–Crippen LogP) is 5.82. The van der Waals surface area contributed by atoms with Gasteiger partial charge in [-0.15, -0.1) is 11.8 Å². The molecule has 0 fully saturated rings. The number of carbonyl (C=O) groups is 2. The number of thiazole rings is 1. The molecule has 1 aromatic heterocycles. The highest BCUT2D eigenvalue weighted by atomic mass is 32.2. The molecular formula is C24H20FN3O3S2. The second kappa shape index (κ2) is 10.0. The maximum atomic E-state index is 13.1. The number of ether oxygens (including phenoxy) is 1. The predicted molar refractivity (Wildman–Crippen MR) is 131 cm³/mol. The number of nitrogens with zero attached hydrogens (tertiary/aromatic N) is 1. The molecule has 9 heteroatoms.